The minimum absolute atomic E-state index is 0.0453. The zero-order chi connectivity index (χ0) is 22.1. The van der Waals surface area contributed by atoms with Crippen LogP contribution in [0.15, 0.2) is 41.3 Å². The normalized spacial score (nSPS) is 21.7. The third kappa shape index (κ3) is 3.84. The molecule has 156 valence electrons. The van der Waals surface area contributed by atoms with E-state index in [1.807, 2.05) is 0 Å². The number of β-amino-alcohol motifs (C(OH)–C–C–N with tert-alkyl or cyclic N) is 1. The summed E-state index contributed by atoms with van der Waals surface area (Å²) in [5.74, 6) is -0.898. The van der Waals surface area contributed by atoms with Gasteiger partial charge in [-0.3, -0.25) is 0 Å². The van der Waals surface area contributed by atoms with Crippen LogP contribution in [0.3, 0.4) is 0 Å². The first-order valence-corrected chi connectivity index (χ1v) is 10.4. The van der Waals surface area contributed by atoms with Gasteiger partial charge in [-0.2, -0.15) is 14.8 Å². The van der Waals surface area contributed by atoms with Gasteiger partial charge in [0.2, 0.25) is 10.0 Å². The van der Waals surface area contributed by atoms with Crippen molar-refractivity contribution >= 4 is 21.6 Å². The first-order valence-electron chi connectivity index (χ1n) is 8.54. The molecule has 0 aliphatic carbocycles. The lowest BCUT2D eigenvalue weighted by Crippen LogP contribution is -2.48. The Hall–Kier alpha value is -2.73. The topological polar surface area (TPSA) is 135 Å². The van der Waals surface area contributed by atoms with Crippen molar-refractivity contribution < 1.29 is 27.8 Å². The van der Waals surface area contributed by atoms with E-state index in [1.54, 1.807) is 12.1 Å². The number of rotatable bonds is 5. The summed E-state index contributed by atoms with van der Waals surface area (Å²) in [7, 11) is -4.27. The Kier molecular flexibility index (Phi) is 5.99. The Balaban J connectivity index is 1.93. The average molecular weight is 452 g/mol. The Labute approximate surface area is 177 Å². The number of halogens is 2. The molecule has 30 heavy (non-hydrogen) atoms. The van der Waals surface area contributed by atoms with Crippen molar-refractivity contribution in [1.29, 1.82) is 10.5 Å². The van der Waals surface area contributed by atoms with Crippen molar-refractivity contribution in [3.63, 3.8) is 0 Å². The maximum atomic E-state index is 13.8. The molecule has 0 saturated carbocycles. The predicted molar refractivity (Wildman–Crippen MR) is 102 cm³/mol. The van der Waals surface area contributed by atoms with E-state index in [1.165, 1.54) is 30.3 Å². The first-order chi connectivity index (χ1) is 14.2. The van der Waals surface area contributed by atoms with Crippen molar-refractivity contribution in [3.05, 3.63) is 58.4 Å². The number of nitrogens with zero attached hydrogens (tertiary/aromatic N) is 3. The van der Waals surface area contributed by atoms with Crippen molar-refractivity contribution in [2.24, 2.45) is 0 Å². The van der Waals surface area contributed by atoms with Crippen LogP contribution in [0, 0.1) is 28.5 Å². The summed E-state index contributed by atoms with van der Waals surface area (Å²) in [4.78, 5) is -0.345. The van der Waals surface area contributed by atoms with Crippen LogP contribution >= 0.6 is 11.6 Å². The van der Waals surface area contributed by atoms with Crippen LogP contribution in [0.5, 0.6) is 5.75 Å². The molecule has 1 heterocycles. The SMILES string of the molecule is N#Cc1ccc(O[C@H]2CN(S(=O)(=O)c3cccc(Cl)c3C#N)C[C@@]2(O)CO)cc1F. The molecule has 2 atom stereocenters. The highest BCUT2D eigenvalue weighted by molar-refractivity contribution is 7.89. The lowest BCUT2D eigenvalue weighted by molar-refractivity contribution is -0.0641. The molecule has 0 radical (unpaired) electrons. The predicted octanol–water partition coefficient (Wildman–Crippen LogP) is 1.40. The highest BCUT2D eigenvalue weighted by Gasteiger charge is 2.51. The quantitative estimate of drug-likeness (QED) is 0.701. The largest absolute Gasteiger partial charge is 0.486 e. The van der Waals surface area contributed by atoms with Crippen LogP contribution in [0.25, 0.3) is 0 Å². The van der Waals surface area contributed by atoms with Gasteiger partial charge in [0, 0.05) is 12.6 Å². The zero-order valence-electron chi connectivity index (χ0n) is 15.3. The van der Waals surface area contributed by atoms with Gasteiger partial charge >= 0.3 is 0 Å². The second kappa shape index (κ2) is 8.19. The van der Waals surface area contributed by atoms with Crippen LogP contribution in [-0.2, 0) is 10.0 Å². The summed E-state index contributed by atoms with van der Waals surface area (Å²) in [5, 5.41) is 38.4. The molecule has 1 aliphatic rings. The summed E-state index contributed by atoms with van der Waals surface area (Å²) in [5.41, 5.74) is -2.44. The molecule has 0 bridgehead atoms. The zero-order valence-corrected chi connectivity index (χ0v) is 16.9. The fourth-order valence-electron chi connectivity index (χ4n) is 3.10. The fourth-order valence-corrected chi connectivity index (χ4v) is 5.04. The molecule has 3 rings (SSSR count). The standard InChI is InChI=1S/C19H15ClFN3O5S/c20-15-2-1-3-17(14(15)8-23)30(27,28)24-9-18(19(26,10-24)11-25)29-13-5-4-12(7-22)16(21)6-13/h1-6,18,25-26H,9-11H2/t18-,19+/m0/s1. The minimum Gasteiger partial charge on any atom is -0.486 e. The van der Waals surface area contributed by atoms with Gasteiger partial charge in [0.15, 0.2) is 0 Å². The van der Waals surface area contributed by atoms with E-state index in [0.717, 1.165) is 10.4 Å². The lowest BCUT2D eigenvalue weighted by atomic mass is 10.0. The molecule has 2 N–H and O–H groups in total. The molecule has 11 heteroatoms. The van der Waals surface area contributed by atoms with Crippen LogP contribution in [0.2, 0.25) is 5.02 Å². The van der Waals surface area contributed by atoms with Crippen molar-refractivity contribution in [2.75, 3.05) is 19.7 Å². The van der Waals surface area contributed by atoms with Gasteiger partial charge in [-0.05, 0) is 24.3 Å². The molecule has 2 aromatic carbocycles. The van der Waals surface area contributed by atoms with Crippen molar-refractivity contribution in [2.45, 2.75) is 16.6 Å². The van der Waals surface area contributed by atoms with E-state index in [4.69, 9.17) is 21.6 Å². The molecule has 0 unspecified atom stereocenters. The van der Waals surface area contributed by atoms with Gasteiger partial charge < -0.3 is 14.9 Å². The Morgan fingerprint density at radius 2 is 2.03 bits per heavy atom. The summed E-state index contributed by atoms with van der Waals surface area (Å²) in [6.45, 7) is -1.73. The molecule has 0 amide bonds. The van der Waals surface area contributed by atoms with Crippen LogP contribution in [0.1, 0.15) is 11.1 Å². The molecular formula is C19H15ClFN3O5S. The van der Waals surface area contributed by atoms with E-state index in [9.17, 15) is 28.3 Å². The molecule has 1 fully saturated rings. The number of aliphatic hydroxyl groups excluding tert-OH is 1. The number of ether oxygens (including phenoxy) is 1. The number of benzene rings is 2. The number of sulfonamides is 1. The van der Waals surface area contributed by atoms with Gasteiger partial charge in [0.25, 0.3) is 0 Å². The lowest BCUT2D eigenvalue weighted by Gasteiger charge is -2.27. The van der Waals surface area contributed by atoms with Gasteiger partial charge in [-0.1, -0.05) is 17.7 Å². The number of nitriles is 2. The summed E-state index contributed by atoms with van der Waals surface area (Å²) in [6, 6.07) is 10.8. The molecule has 2 aromatic rings. The smallest absolute Gasteiger partial charge is 0.244 e. The summed E-state index contributed by atoms with van der Waals surface area (Å²) < 4.78 is 46.4. The second-order valence-electron chi connectivity index (χ2n) is 6.64. The summed E-state index contributed by atoms with van der Waals surface area (Å²) in [6.07, 6.45) is -1.24. The van der Waals surface area contributed by atoms with Crippen LogP contribution in [0.4, 0.5) is 4.39 Å². The average Bonchev–Trinajstić information content (AvgIpc) is 3.05. The van der Waals surface area contributed by atoms with E-state index < -0.39 is 40.7 Å². The van der Waals surface area contributed by atoms with Crippen molar-refractivity contribution in [3.8, 4) is 17.9 Å². The maximum Gasteiger partial charge on any atom is 0.244 e. The van der Waals surface area contributed by atoms with Crippen LogP contribution < -0.4 is 4.74 Å². The third-order valence-corrected chi connectivity index (χ3v) is 6.91. The highest BCUT2D eigenvalue weighted by atomic mass is 35.5. The second-order valence-corrected chi connectivity index (χ2v) is 8.96. The maximum absolute atomic E-state index is 13.8. The first kappa shape index (κ1) is 22.0. The minimum atomic E-state index is -4.27. The molecule has 0 spiro atoms. The van der Waals surface area contributed by atoms with Gasteiger partial charge in [0.1, 0.15) is 40.3 Å². The van der Waals surface area contributed by atoms with Crippen LogP contribution in [-0.4, -0.2) is 54.3 Å². The van der Waals surface area contributed by atoms with Gasteiger partial charge in [-0.25, -0.2) is 12.8 Å². The third-order valence-electron chi connectivity index (χ3n) is 4.74. The van der Waals surface area contributed by atoms with E-state index in [0.29, 0.717) is 0 Å². The molecule has 1 saturated heterocycles. The van der Waals surface area contributed by atoms with Gasteiger partial charge in [0.05, 0.1) is 29.3 Å². The van der Waals surface area contributed by atoms with E-state index >= 15 is 0 Å². The van der Waals surface area contributed by atoms with Gasteiger partial charge in [-0.15, -0.1) is 0 Å². The molecular weight excluding hydrogens is 437 g/mol. The number of aliphatic hydroxyl groups is 2. The monoisotopic (exact) mass is 451 g/mol. The number of hydrogen-bond donors (Lipinski definition) is 2. The molecule has 8 nitrogen and oxygen atoms in total. The van der Waals surface area contributed by atoms with E-state index in [2.05, 4.69) is 0 Å². The Morgan fingerprint density at radius 3 is 2.63 bits per heavy atom. The highest BCUT2D eigenvalue weighted by Crippen LogP contribution is 2.33. The summed E-state index contributed by atoms with van der Waals surface area (Å²) >= 11 is 5.92. The Morgan fingerprint density at radius 1 is 1.30 bits per heavy atom. The Bertz CT molecular complexity index is 1180. The molecule has 1 aliphatic heterocycles. The number of hydrogen-bond acceptors (Lipinski definition) is 7. The molecule has 0 aromatic heterocycles. The van der Waals surface area contributed by atoms with E-state index in [-0.39, 0.29) is 33.3 Å². The van der Waals surface area contributed by atoms with Crippen molar-refractivity contribution in [1.82, 2.24) is 4.31 Å². The fraction of sp³-hybridized carbons (Fsp3) is 0.263.